The first-order valence-corrected chi connectivity index (χ1v) is 7.16. The van der Waals surface area contributed by atoms with E-state index in [2.05, 4.69) is 5.32 Å². The fourth-order valence-electron chi connectivity index (χ4n) is 2.05. The van der Waals surface area contributed by atoms with Gasteiger partial charge in [-0.15, -0.1) is 0 Å². The van der Waals surface area contributed by atoms with Crippen LogP contribution in [0.5, 0.6) is 0 Å². The third-order valence-corrected chi connectivity index (χ3v) is 3.61. The quantitative estimate of drug-likeness (QED) is 0.839. The Morgan fingerprint density at radius 1 is 1.30 bits per heavy atom. The van der Waals surface area contributed by atoms with Crippen molar-refractivity contribution in [3.63, 3.8) is 0 Å². The van der Waals surface area contributed by atoms with Crippen LogP contribution in [-0.4, -0.2) is 43.7 Å². The normalized spacial score (nSPS) is 16.7. The molecule has 3 N–H and O–H groups in total. The summed E-state index contributed by atoms with van der Waals surface area (Å²) in [6, 6.07) is 3.12. The Kier molecular flexibility index (Phi) is 5.48. The maximum atomic E-state index is 12.0. The SMILES string of the molecule is Nc1cc(Cl)c(NC(=O)CN2CCCOCC2)c(Cl)c1. The molecule has 0 aliphatic carbocycles. The molecule has 5 nitrogen and oxygen atoms in total. The Morgan fingerprint density at radius 2 is 2.00 bits per heavy atom. The number of anilines is 2. The molecule has 0 unspecified atom stereocenters. The maximum Gasteiger partial charge on any atom is 0.238 e. The number of hydrogen-bond acceptors (Lipinski definition) is 4. The van der Waals surface area contributed by atoms with Gasteiger partial charge in [-0.2, -0.15) is 0 Å². The summed E-state index contributed by atoms with van der Waals surface area (Å²) in [7, 11) is 0. The van der Waals surface area contributed by atoms with E-state index in [4.69, 9.17) is 33.7 Å². The zero-order valence-electron chi connectivity index (χ0n) is 11.0. The molecule has 110 valence electrons. The second-order valence-electron chi connectivity index (χ2n) is 4.65. The highest BCUT2D eigenvalue weighted by Gasteiger charge is 2.15. The Balaban J connectivity index is 1.97. The first-order valence-electron chi connectivity index (χ1n) is 6.41. The first-order chi connectivity index (χ1) is 9.56. The summed E-state index contributed by atoms with van der Waals surface area (Å²) in [6.07, 6.45) is 0.927. The van der Waals surface area contributed by atoms with Gasteiger partial charge in [0.25, 0.3) is 0 Å². The van der Waals surface area contributed by atoms with Gasteiger partial charge < -0.3 is 15.8 Å². The smallest absolute Gasteiger partial charge is 0.238 e. The Labute approximate surface area is 128 Å². The third-order valence-electron chi connectivity index (χ3n) is 3.01. The van der Waals surface area contributed by atoms with Crippen molar-refractivity contribution in [2.24, 2.45) is 0 Å². The van der Waals surface area contributed by atoms with Crippen molar-refractivity contribution >= 4 is 40.5 Å². The van der Waals surface area contributed by atoms with E-state index in [1.165, 1.54) is 0 Å². The highest BCUT2D eigenvalue weighted by atomic mass is 35.5. The predicted octanol–water partition coefficient (Wildman–Crippen LogP) is 2.24. The van der Waals surface area contributed by atoms with Gasteiger partial charge in [-0.05, 0) is 18.6 Å². The molecule has 0 aromatic heterocycles. The molecule has 0 spiro atoms. The van der Waals surface area contributed by atoms with Gasteiger partial charge in [0, 0.05) is 25.4 Å². The fourth-order valence-corrected chi connectivity index (χ4v) is 2.65. The number of rotatable bonds is 3. The van der Waals surface area contributed by atoms with E-state index in [1.807, 2.05) is 4.90 Å². The number of halogens is 2. The van der Waals surface area contributed by atoms with Gasteiger partial charge in [-0.25, -0.2) is 0 Å². The van der Waals surface area contributed by atoms with Gasteiger partial charge in [0.2, 0.25) is 5.91 Å². The summed E-state index contributed by atoms with van der Waals surface area (Å²) in [5, 5.41) is 3.40. The lowest BCUT2D eigenvalue weighted by atomic mass is 10.2. The summed E-state index contributed by atoms with van der Waals surface area (Å²) in [5.74, 6) is -0.152. The van der Waals surface area contributed by atoms with Gasteiger partial charge in [0.15, 0.2) is 0 Å². The van der Waals surface area contributed by atoms with Crippen molar-refractivity contribution in [1.29, 1.82) is 0 Å². The summed E-state index contributed by atoms with van der Waals surface area (Å²) in [5.41, 5.74) is 6.48. The molecule has 2 rings (SSSR count). The minimum atomic E-state index is -0.152. The van der Waals surface area contributed by atoms with E-state index in [-0.39, 0.29) is 5.91 Å². The number of nitrogens with two attached hydrogens (primary N) is 1. The monoisotopic (exact) mass is 317 g/mol. The van der Waals surface area contributed by atoms with Crippen LogP contribution in [-0.2, 0) is 9.53 Å². The van der Waals surface area contributed by atoms with Crippen molar-refractivity contribution in [3.05, 3.63) is 22.2 Å². The number of ether oxygens (including phenoxy) is 1. The van der Waals surface area contributed by atoms with Gasteiger partial charge in [-0.3, -0.25) is 9.69 Å². The molecule has 1 saturated heterocycles. The van der Waals surface area contributed by atoms with Crippen LogP contribution < -0.4 is 11.1 Å². The van der Waals surface area contributed by atoms with Gasteiger partial charge >= 0.3 is 0 Å². The average Bonchev–Trinajstić information content (AvgIpc) is 2.62. The molecule has 0 atom stereocenters. The summed E-state index contributed by atoms with van der Waals surface area (Å²) < 4.78 is 5.35. The molecule has 0 radical (unpaired) electrons. The van der Waals surface area contributed by atoms with E-state index in [0.717, 1.165) is 26.1 Å². The van der Waals surface area contributed by atoms with Crippen LogP contribution in [0.4, 0.5) is 11.4 Å². The molecule has 0 saturated carbocycles. The number of carbonyl (C=O) groups is 1. The Morgan fingerprint density at radius 3 is 2.70 bits per heavy atom. The number of nitrogens with one attached hydrogen (secondary N) is 1. The fraction of sp³-hybridized carbons (Fsp3) is 0.462. The molecule has 1 fully saturated rings. The van der Waals surface area contributed by atoms with E-state index in [0.29, 0.717) is 34.6 Å². The van der Waals surface area contributed by atoms with Crippen molar-refractivity contribution in [3.8, 4) is 0 Å². The molecule has 1 aliphatic rings. The molecule has 0 bridgehead atoms. The zero-order chi connectivity index (χ0) is 14.5. The van der Waals surface area contributed by atoms with Crippen LogP contribution >= 0.6 is 23.2 Å². The van der Waals surface area contributed by atoms with Crippen molar-refractivity contribution in [2.75, 3.05) is 43.9 Å². The van der Waals surface area contributed by atoms with Crippen molar-refractivity contribution < 1.29 is 9.53 Å². The molecular formula is C13H17Cl2N3O2. The van der Waals surface area contributed by atoms with E-state index >= 15 is 0 Å². The molecule has 1 aliphatic heterocycles. The van der Waals surface area contributed by atoms with Gasteiger partial charge in [-0.1, -0.05) is 23.2 Å². The van der Waals surface area contributed by atoms with E-state index < -0.39 is 0 Å². The van der Waals surface area contributed by atoms with Crippen molar-refractivity contribution in [1.82, 2.24) is 4.90 Å². The summed E-state index contributed by atoms with van der Waals surface area (Å²) in [6.45, 7) is 3.28. The largest absolute Gasteiger partial charge is 0.399 e. The average molecular weight is 318 g/mol. The lowest BCUT2D eigenvalue weighted by molar-refractivity contribution is -0.117. The molecule has 20 heavy (non-hydrogen) atoms. The highest BCUT2D eigenvalue weighted by molar-refractivity contribution is 6.40. The summed E-state index contributed by atoms with van der Waals surface area (Å²) in [4.78, 5) is 14.1. The van der Waals surface area contributed by atoms with E-state index in [9.17, 15) is 4.79 Å². The number of benzene rings is 1. The predicted molar refractivity (Wildman–Crippen MR) is 81.4 cm³/mol. The van der Waals surface area contributed by atoms with Gasteiger partial charge in [0.05, 0.1) is 28.9 Å². The summed E-state index contributed by atoms with van der Waals surface area (Å²) >= 11 is 12.1. The van der Waals surface area contributed by atoms with Crippen molar-refractivity contribution in [2.45, 2.75) is 6.42 Å². The molecule has 1 heterocycles. The minimum Gasteiger partial charge on any atom is -0.399 e. The maximum absolute atomic E-state index is 12.0. The third kappa shape index (κ3) is 4.24. The van der Waals surface area contributed by atoms with Crippen LogP contribution in [0.25, 0.3) is 0 Å². The lowest BCUT2D eigenvalue weighted by Gasteiger charge is -2.19. The Bertz CT molecular complexity index is 465. The number of carbonyl (C=O) groups excluding carboxylic acids is 1. The second kappa shape index (κ2) is 7.13. The second-order valence-corrected chi connectivity index (χ2v) is 5.46. The minimum absolute atomic E-state index is 0.152. The van der Waals surface area contributed by atoms with Crippen LogP contribution in [0.2, 0.25) is 10.0 Å². The number of nitrogens with zero attached hydrogens (tertiary/aromatic N) is 1. The zero-order valence-corrected chi connectivity index (χ0v) is 12.5. The number of nitrogen functional groups attached to an aromatic ring is 1. The topological polar surface area (TPSA) is 67.6 Å². The molecule has 1 aromatic rings. The molecule has 7 heteroatoms. The number of hydrogen-bond donors (Lipinski definition) is 2. The van der Waals surface area contributed by atoms with E-state index in [1.54, 1.807) is 12.1 Å². The molecule has 1 aromatic carbocycles. The Hall–Kier alpha value is -1.01. The van der Waals surface area contributed by atoms with Crippen LogP contribution in [0.15, 0.2) is 12.1 Å². The van der Waals surface area contributed by atoms with Crippen LogP contribution in [0.1, 0.15) is 6.42 Å². The first kappa shape index (κ1) is 15.4. The lowest BCUT2D eigenvalue weighted by Crippen LogP contribution is -2.35. The van der Waals surface area contributed by atoms with Gasteiger partial charge in [0.1, 0.15) is 0 Å². The standard InChI is InChI=1S/C13H17Cl2N3O2/c14-10-6-9(16)7-11(15)13(10)17-12(19)8-18-2-1-4-20-5-3-18/h6-7H,1-5,8,16H2,(H,17,19). The van der Waals surface area contributed by atoms with Crippen LogP contribution in [0.3, 0.4) is 0 Å². The molecular weight excluding hydrogens is 301 g/mol. The molecule has 1 amide bonds. The highest BCUT2D eigenvalue weighted by Crippen LogP contribution is 2.32. The van der Waals surface area contributed by atoms with Crippen LogP contribution in [0, 0.1) is 0 Å². The number of amides is 1.